The predicted octanol–water partition coefficient (Wildman–Crippen LogP) is 8.49. The van der Waals surface area contributed by atoms with Crippen molar-refractivity contribution in [3.05, 3.63) is 97.8 Å². The van der Waals surface area contributed by atoms with E-state index in [0.29, 0.717) is 50.0 Å². The molecule has 1 aliphatic heterocycles. The largest absolute Gasteiger partial charge is 0.487 e. The maximum Gasteiger partial charge on any atom is 0.266 e. The summed E-state index contributed by atoms with van der Waals surface area (Å²) in [6.45, 7) is 5.02. The summed E-state index contributed by atoms with van der Waals surface area (Å²) in [4.78, 5) is 20.2. The molecule has 4 nitrogen and oxygen atoms in total. The smallest absolute Gasteiger partial charge is 0.266 e. The Kier molecular flexibility index (Phi) is 8.45. The zero-order chi connectivity index (χ0) is 24.9. The molecule has 3 aromatic rings. The van der Waals surface area contributed by atoms with Gasteiger partial charge in [-0.1, -0.05) is 72.9 Å². The number of nitrogens with zero attached hydrogens (tertiary/aromatic N) is 2. The number of benzene rings is 3. The highest BCUT2D eigenvalue weighted by molar-refractivity contribution is 8.18. The molecule has 0 N–H and O–H groups in total. The first-order chi connectivity index (χ1) is 16.8. The van der Waals surface area contributed by atoms with Crippen LogP contribution in [0.4, 0.5) is 5.69 Å². The van der Waals surface area contributed by atoms with Crippen LogP contribution in [0.1, 0.15) is 25.0 Å². The molecule has 1 fully saturated rings. The number of carbonyl (C=O) groups excluding carboxylic acids is 1. The summed E-state index contributed by atoms with van der Waals surface area (Å²) in [7, 11) is 0. The first kappa shape index (κ1) is 25.6. The Morgan fingerprint density at radius 1 is 1.00 bits per heavy atom. The van der Waals surface area contributed by atoms with Gasteiger partial charge in [0.25, 0.3) is 5.91 Å². The fourth-order valence-electron chi connectivity index (χ4n) is 3.39. The second-order valence-electron chi connectivity index (χ2n) is 8.36. The average Bonchev–Trinajstić information content (AvgIpc) is 3.09. The lowest BCUT2D eigenvalue weighted by Crippen LogP contribution is -2.32. The zero-order valence-corrected chi connectivity index (χ0v) is 22.3. The molecule has 0 aromatic heterocycles. The van der Waals surface area contributed by atoms with Crippen molar-refractivity contribution in [2.75, 3.05) is 6.54 Å². The lowest BCUT2D eigenvalue weighted by Gasteiger charge is -2.17. The van der Waals surface area contributed by atoms with E-state index in [2.05, 4.69) is 13.8 Å². The molecular formula is C27H23Cl3N2O2S. The Balaban J connectivity index is 1.54. The van der Waals surface area contributed by atoms with Crippen LogP contribution in [0, 0.1) is 5.92 Å². The molecule has 0 radical (unpaired) electrons. The third-order valence-corrected chi connectivity index (χ3v) is 7.00. The molecule has 180 valence electrons. The molecular weight excluding hydrogens is 523 g/mol. The first-order valence-electron chi connectivity index (χ1n) is 11.0. The molecule has 1 heterocycles. The van der Waals surface area contributed by atoms with Crippen LogP contribution in [-0.2, 0) is 11.4 Å². The van der Waals surface area contributed by atoms with Crippen molar-refractivity contribution in [3.63, 3.8) is 0 Å². The van der Waals surface area contributed by atoms with E-state index in [1.165, 1.54) is 11.8 Å². The van der Waals surface area contributed by atoms with E-state index in [-0.39, 0.29) is 5.91 Å². The third kappa shape index (κ3) is 6.62. The van der Waals surface area contributed by atoms with E-state index in [4.69, 9.17) is 44.5 Å². The topological polar surface area (TPSA) is 41.9 Å². The van der Waals surface area contributed by atoms with Crippen molar-refractivity contribution in [1.29, 1.82) is 0 Å². The van der Waals surface area contributed by atoms with Crippen LogP contribution in [0.15, 0.2) is 76.6 Å². The van der Waals surface area contributed by atoms with Gasteiger partial charge in [-0.05, 0) is 71.8 Å². The second-order valence-corrected chi connectivity index (χ2v) is 10.6. The number of hydrogen-bond acceptors (Lipinski definition) is 4. The number of hydrogen-bond donors (Lipinski definition) is 0. The normalized spacial score (nSPS) is 16.1. The Morgan fingerprint density at radius 2 is 1.74 bits per heavy atom. The summed E-state index contributed by atoms with van der Waals surface area (Å²) in [6, 6.07) is 20.2. The minimum atomic E-state index is -0.0772. The van der Waals surface area contributed by atoms with E-state index >= 15 is 0 Å². The van der Waals surface area contributed by atoms with Crippen LogP contribution in [-0.4, -0.2) is 22.5 Å². The van der Waals surface area contributed by atoms with E-state index < -0.39 is 0 Å². The van der Waals surface area contributed by atoms with Crippen molar-refractivity contribution in [2.45, 2.75) is 20.5 Å². The number of ether oxygens (including phenoxy) is 1. The number of halogens is 3. The molecule has 8 heteroatoms. The predicted molar refractivity (Wildman–Crippen MR) is 148 cm³/mol. The highest BCUT2D eigenvalue weighted by Crippen LogP contribution is 2.36. The van der Waals surface area contributed by atoms with Crippen LogP contribution >= 0.6 is 46.6 Å². The first-order valence-corrected chi connectivity index (χ1v) is 13.0. The van der Waals surface area contributed by atoms with Gasteiger partial charge in [-0.3, -0.25) is 9.69 Å². The fraction of sp³-hybridized carbons (Fsp3) is 0.185. The van der Waals surface area contributed by atoms with Crippen molar-refractivity contribution in [3.8, 4) is 5.75 Å². The Hall–Kier alpha value is -2.44. The van der Waals surface area contributed by atoms with Crippen LogP contribution in [0.25, 0.3) is 6.08 Å². The molecule has 0 atom stereocenters. The van der Waals surface area contributed by atoms with Crippen molar-refractivity contribution in [1.82, 2.24) is 4.90 Å². The molecule has 0 aliphatic carbocycles. The number of carbonyl (C=O) groups is 1. The van der Waals surface area contributed by atoms with Gasteiger partial charge in [0.05, 0.1) is 15.6 Å². The average molecular weight is 546 g/mol. The standard InChI is InChI=1S/C27H23Cl3N2O2S/c1-17(2)15-32-26(33)25(35-27(32)31-21-10-8-20(28)9-11-21)14-18-7-12-24(23(30)13-18)34-16-19-5-3-4-6-22(19)29/h3-14,17H,15-16H2,1-2H3/b25-14-,31-27?. The molecule has 4 rings (SSSR count). The molecule has 0 spiro atoms. The Labute approximate surface area is 224 Å². The maximum atomic E-state index is 13.2. The number of rotatable bonds is 7. The second kappa shape index (κ2) is 11.5. The number of aliphatic imine (C=N–C) groups is 1. The third-order valence-electron chi connectivity index (χ3n) is 5.08. The molecule has 0 unspecified atom stereocenters. The minimum absolute atomic E-state index is 0.0772. The van der Waals surface area contributed by atoms with Gasteiger partial charge in [-0.25, -0.2) is 4.99 Å². The van der Waals surface area contributed by atoms with Gasteiger partial charge in [0, 0.05) is 22.2 Å². The molecule has 35 heavy (non-hydrogen) atoms. The summed E-state index contributed by atoms with van der Waals surface area (Å²) in [6.07, 6.45) is 1.83. The molecule has 1 saturated heterocycles. The number of thioether (sulfide) groups is 1. The quantitative estimate of drug-likeness (QED) is 0.280. The summed E-state index contributed by atoms with van der Waals surface area (Å²) in [5, 5.41) is 2.38. The highest BCUT2D eigenvalue weighted by Gasteiger charge is 2.33. The van der Waals surface area contributed by atoms with Gasteiger partial charge in [-0.2, -0.15) is 0 Å². The monoisotopic (exact) mass is 544 g/mol. The van der Waals surface area contributed by atoms with Gasteiger partial charge in [-0.15, -0.1) is 0 Å². The molecule has 3 aromatic carbocycles. The Morgan fingerprint density at radius 3 is 2.43 bits per heavy atom. The van der Waals surface area contributed by atoms with E-state index in [0.717, 1.165) is 16.8 Å². The Bertz CT molecular complexity index is 1290. The van der Waals surface area contributed by atoms with Gasteiger partial charge in [0.15, 0.2) is 5.17 Å². The van der Waals surface area contributed by atoms with E-state index in [9.17, 15) is 4.79 Å². The molecule has 1 amide bonds. The highest BCUT2D eigenvalue weighted by atomic mass is 35.5. The van der Waals surface area contributed by atoms with Crippen LogP contribution in [0.3, 0.4) is 0 Å². The number of amides is 1. The summed E-state index contributed by atoms with van der Waals surface area (Å²) >= 11 is 20.0. The zero-order valence-electron chi connectivity index (χ0n) is 19.2. The molecule has 0 saturated carbocycles. The van der Waals surface area contributed by atoms with Crippen LogP contribution in [0.2, 0.25) is 15.1 Å². The maximum absolute atomic E-state index is 13.2. The van der Waals surface area contributed by atoms with E-state index in [1.54, 1.807) is 29.2 Å². The van der Waals surface area contributed by atoms with Crippen molar-refractivity contribution in [2.24, 2.45) is 10.9 Å². The van der Waals surface area contributed by atoms with Gasteiger partial charge >= 0.3 is 0 Å². The number of amidine groups is 1. The van der Waals surface area contributed by atoms with Crippen LogP contribution < -0.4 is 4.74 Å². The minimum Gasteiger partial charge on any atom is -0.487 e. The van der Waals surface area contributed by atoms with E-state index in [1.807, 2.05) is 48.5 Å². The molecule has 1 aliphatic rings. The summed E-state index contributed by atoms with van der Waals surface area (Å²) < 4.78 is 5.86. The van der Waals surface area contributed by atoms with Crippen molar-refractivity contribution < 1.29 is 9.53 Å². The van der Waals surface area contributed by atoms with Gasteiger partial charge in [0.1, 0.15) is 12.4 Å². The summed E-state index contributed by atoms with van der Waals surface area (Å²) in [5.41, 5.74) is 2.41. The van der Waals surface area contributed by atoms with Gasteiger partial charge in [0.2, 0.25) is 0 Å². The lowest BCUT2D eigenvalue weighted by molar-refractivity contribution is -0.122. The SMILES string of the molecule is CC(C)CN1C(=O)/C(=C/c2ccc(OCc3ccccc3Cl)c(Cl)c2)SC1=Nc1ccc(Cl)cc1. The lowest BCUT2D eigenvalue weighted by atomic mass is 10.2. The summed E-state index contributed by atoms with van der Waals surface area (Å²) in [5.74, 6) is 0.760. The van der Waals surface area contributed by atoms with Crippen molar-refractivity contribution >= 4 is 69.4 Å². The van der Waals surface area contributed by atoms with Gasteiger partial charge < -0.3 is 4.74 Å². The van der Waals surface area contributed by atoms with Crippen LogP contribution in [0.5, 0.6) is 5.75 Å². The fourth-order valence-corrected chi connectivity index (χ4v) is 4.96. The molecule has 0 bridgehead atoms.